The Kier molecular flexibility index (Phi) is 6.82. The van der Waals surface area contributed by atoms with E-state index in [0.717, 1.165) is 25.7 Å². The Morgan fingerprint density at radius 3 is 2.23 bits per heavy atom. The molecule has 0 radical (unpaired) electrons. The van der Waals surface area contributed by atoms with Crippen molar-refractivity contribution >= 4 is 15.9 Å². The molecule has 0 aromatic heterocycles. The van der Waals surface area contributed by atoms with Crippen LogP contribution in [0.1, 0.15) is 45.4 Å². The highest BCUT2D eigenvalue weighted by Crippen LogP contribution is 2.27. The average molecular weight is 261 g/mol. The maximum atomic E-state index is 11.9. The fraction of sp³-hybridized carbons (Fsp3) is 1.00. The van der Waals surface area contributed by atoms with Crippen LogP contribution in [-0.4, -0.2) is 11.0 Å². The number of rotatable bonds is 6. The van der Waals surface area contributed by atoms with E-state index >= 15 is 0 Å². The van der Waals surface area contributed by atoms with Gasteiger partial charge in [0, 0.05) is 4.83 Å². The number of halogens is 4. The summed E-state index contributed by atoms with van der Waals surface area (Å²) in [7, 11) is 0. The van der Waals surface area contributed by atoms with Crippen LogP contribution in [0, 0.1) is 0 Å². The van der Waals surface area contributed by atoms with Crippen LogP contribution >= 0.6 is 15.9 Å². The number of unbranched alkanes of at least 4 members (excludes halogenated alkanes) is 3. The number of alkyl halides is 4. The average Bonchev–Trinajstić information content (AvgIpc) is 1.94. The van der Waals surface area contributed by atoms with Gasteiger partial charge in [0.25, 0.3) is 0 Å². The molecule has 0 saturated carbocycles. The van der Waals surface area contributed by atoms with Gasteiger partial charge in [-0.15, -0.1) is 0 Å². The lowest BCUT2D eigenvalue weighted by molar-refractivity contribution is -0.134. The predicted octanol–water partition coefficient (Wildman–Crippen LogP) is 4.67. The first-order valence-corrected chi connectivity index (χ1v) is 5.58. The Bertz CT molecular complexity index is 123. The van der Waals surface area contributed by atoms with Gasteiger partial charge in [-0.05, 0) is 6.42 Å². The van der Waals surface area contributed by atoms with E-state index in [1.165, 1.54) is 0 Å². The summed E-state index contributed by atoms with van der Waals surface area (Å²) < 4.78 is 35.6. The maximum Gasteiger partial charge on any atom is 0.390 e. The van der Waals surface area contributed by atoms with E-state index in [4.69, 9.17) is 0 Å². The lowest BCUT2D eigenvalue weighted by atomic mass is 10.1. The molecule has 0 rings (SSSR count). The van der Waals surface area contributed by atoms with Gasteiger partial charge in [0.1, 0.15) is 0 Å². The minimum absolute atomic E-state index is 0.399. The molecule has 0 fully saturated rings. The van der Waals surface area contributed by atoms with Gasteiger partial charge >= 0.3 is 6.18 Å². The molecule has 4 heteroatoms. The van der Waals surface area contributed by atoms with Crippen molar-refractivity contribution in [3.8, 4) is 0 Å². The molecule has 0 saturated heterocycles. The number of hydrogen-bond acceptors (Lipinski definition) is 0. The summed E-state index contributed by atoms with van der Waals surface area (Å²) in [6.07, 6.45) is 0.0474. The first-order valence-electron chi connectivity index (χ1n) is 4.66. The smallest absolute Gasteiger partial charge is 0.171 e. The van der Waals surface area contributed by atoms with Gasteiger partial charge in [0.05, 0.1) is 6.42 Å². The van der Waals surface area contributed by atoms with E-state index in [9.17, 15) is 13.2 Å². The summed E-state index contributed by atoms with van der Waals surface area (Å²) in [6.45, 7) is 2.08. The molecular weight excluding hydrogens is 245 g/mol. The fourth-order valence-corrected chi connectivity index (χ4v) is 1.84. The molecule has 13 heavy (non-hydrogen) atoms. The summed E-state index contributed by atoms with van der Waals surface area (Å²) in [5.41, 5.74) is 0. The highest BCUT2D eigenvalue weighted by Gasteiger charge is 2.30. The lowest BCUT2D eigenvalue weighted by Crippen LogP contribution is -2.14. The van der Waals surface area contributed by atoms with Crippen LogP contribution in [0.3, 0.4) is 0 Å². The molecule has 1 atom stereocenters. The Balaban J connectivity index is 3.35. The van der Waals surface area contributed by atoms with Crippen LogP contribution in [0.5, 0.6) is 0 Å². The zero-order valence-electron chi connectivity index (χ0n) is 7.83. The molecule has 0 aliphatic heterocycles. The maximum absolute atomic E-state index is 11.9. The summed E-state index contributed by atoms with van der Waals surface area (Å²) in [6, 6.07) is 0. The quantitative estimate of drug-likeness (QED) is 0.481. The van der Waals surface area contributed by atoms with Gasteiger partial charge < -0.3 is 0 Å². The van der Waals surface area contributed by atoms with E-state index in [2.05, 4.69) is 22.9 Å². The SMILES string of the molecule is CCCCCCC(Br)CC(F)(F)F. The molecule has 80 valence electrons. The standard InChI is InChI=1S/C9H16BrF3/c1-2-3-4-5-6-8(10)7-9(11,12)13/h8H,2-7H2,1H3. The lowest BCUT2D eigenvalue weighted by Gasteiger charge is -2.11. The van der Waals surface area contributed by atoms with E-state index < -0.39 is 17.4 Å². The van der Waals surface area contributed by atoms with E-state index in [-0.39, 0.29) is 0 Å². The second-order valence-corrected chi connectivity index (χ2v) is 4.56. The highest BCUT2D eigenvalue weighted by molar-refractivity contribution is 9.09. The molecule has 0 bridgehead atoms. The third-order valence-electron chi connectivity index (χ3n) is 1.82. The first kappa shape index (κ1) is 13.3. The van der Waals surface area contributed by atoms with Crippen molar-refractivity contribution < 1.29 is 13.2 Å². The Morgan fingerprint density at radius 2 is 1.77 bits per heavy atom. The normalized spacial score (nSPS) is 14.5. The molecule has 0 aliphatic rings. The van der Waals surface area contributed by atoms with Crippen LogP contribution < -0.4 is 0 Å². The van der Waals surface area contributed by atoms with Crippen LogP contribution in [0.2, 0.25) is 0 Å². The highest BCUT2D eigenvalue weighted by atomic mass is 79.9. The van der Waals surface area contributed by atoms with Crippen molar-refractivity contribution in [1.82, 2.24) is 0 Å². The van der Waals surface area contributed by atoms with Crippen LogP contribution in [0.4, 0.5) is 13.2 Å². The van der Waals surface area contributed by atoms with Gasteiger partial charge in [-0.25, -0.2) is 0 Å². The monoisotopic (exact) mass is 260 g/mol. The van der Waals surface area contributed by atoms with E-state index in [1.807, 2.05) is 0 Å². The van der Waals surface area contributed by atoms with Crippen molar-refractivity contribution in [1.29, 1.82) is 0 Å². The van der Waals surface area contributed by atoms with Gasteiger partial charge in [-0.1, -0.05) is 48.5 Å². The Morgan fingerprint density at radius 1 is 1.15 bits per heavy atom. The number of hydrogen-bond donors (Lipinski definition) is 0. The predicted molar refractivity (Wildman–Crippen MR) is 52.1 cm³/mol. The Labute approximate surface area is 86.0 Å². The topological polar surface area (TPSA) is 0 Å². The van der Waals surface area contributed by atoms with E-state index in [1.54, 1.807) is 0 Å². The molecule has 0 aromatic carbocycles. The first-order chi connectivity index (χ1) is 5.95. The molecule has 0 N–H and O–H groups in total. The third-order valence-corrected chi connectivity index (χ3v) is 2.61. The molecule has 0 aliphatic carbocycles. The molecular formula is C9H16BrF3. The molecule has 0 nitrogen and oxygen atoms in total. The summed E-state index contributed by atoms with van der Waals surface area (Å²) in [4.78, 5) is -0.399. The fourth-order valence-electron chi connectivity index (χ4n) is 1.15. The van der Waals surface area contributed by atoms with Crippen molar-refractivity contribution in [2.45, 2.75) is 56.5 Å². The Hall–Kier alpha value is 0.270. The van der Waals surface area contributed by atoms with Gasteiger partial charge in [-0.3, -0.25) is 0 Å². The molecule has 0 heterocycles. The largest absolute Gasteiger partial charge is 0.390 e. The van der Waals surface area contributed by atoms with Gasteiger partial charge in [0.2, 0.25) is 0 Å². The van der Waals surface area contributed by atoms with Gasteiger partial charge in [-0.2, -0.15) is 13.2 Å². The van der Waals surface area contributed by atoms with Crippen LogP contribution in [0.15, 0.2) is 0 Å². The molecule has 1 unspecified atom stereocenters. The zero-order chi connectivity index (χ0) is 10.3. The van der Waals surface area contributed by atoms with Crippen molar-refractivity contribution in [2.75, 3.05) is 0 Å². The molecule has 0 amide bonds. The summed E-state index contributed by atoms with van der Waals surface area (Å²) in [5, 5.41) is 0. The van der Waals surface area contributed by atoms with Crippen molar-refractivity contribution in [3.63, 3.8) is 0 Å². The summed E-state index contributed by atoms with van der Waals surface area (Å²) >= 11 is 3.05. The molecule has 0 aromatic rings. The summed E-state index contributed by atoms with van der Waals surface area (Å²) in [5.74, 6) is 0. The minimum atomic E-state index is -4.03. The zero-order valence-corrected chi connectivity index (χ0v) is 9.42. The van der Waals surface area contributed by atoms with Crippen LogP contribution in [-0.2, 0) is 0 Å². The molecule has 0 spiro atoms. The minimum Gasteiger partial charge on any atom is -0.171 e. The van der Waals surface area contributed by atoms with Crippen molar-refractivity contribution in [3.05, 3.63) is 0 Å². The van der Waals surface area contributed by atoms with Gasteiger partial charge in [0.15, 0.2) is 0 Å². The van der Waals surface area contributed by atoms with Crippen LogP contribution in [0.25, 0.3) is 0 Å². The second kappa shape index (κ2) is 6.68. The van der Waals surface area contributed by atoms with Crippen molar-refractivity contribution in [2.24, 2.45) is 0 Å². The van der Waals surface area contributed by atoms with E-state index in [0.29, 0.717) is 6.42 Å². The third kappa shape index (κ3) is 10.2. The second-order valence-electron chi connectivity index (χ2n) is 3.27.